The van der Waals surface area contributed by atoms with E-state index >= 15 is 0 Å². The van der Waals surface area contributed by atoms with Gasteiger partial charge in [0.05, 0.1) is 17.8 Å². The first-order valence-electron chi connectivity index (χ1n) is 6.45. The fraction of sp³-hybridized carbons (Fsp3) is 0.118. The van der Waals surface area contributed by atoms with E-state index in [2.05, 4.69) is 4.98 Å². The van der Waals surface area contributed by atoms with Crippen molar-refractivity contribution in [2.75, 3.05) is 0 Å². The predicted molar refractivity (Wildman–Crippen MR) is 77.8 cm³/mol. The highest BCUT2D eigenvalue weighted by molar-refractivity contribution is 5.83. The summed E-state index contributed by atoms with van der Waals surface area (Å²) in [5.41, 5.74) is 4.09. The summed E-state index contributed by atoms with van der Waals surface area (Å²) in [6.45, 7) is 1.90. The van der Waals surface area contributed by atoms with Crippen LogP contribution in [0.5, 0.6) is 0 Å². The Labute approximate surface area is 116 Å². The van der Waals surface area contributed by atoms with Gasteiger partial charge in [0.2, 0.25) is 0 Å². The van der Waals surface area contributed by atoms with Gasteiger partial charge in [-0.1, -0.05) is 24.3 Å². The first-order valence-corrected chi connectivity index (χ1v) is 6.45. The van der Waals surface area contributed by atoms with Gasteiger partial charge < -0.3 is 5.11 Å². The molecule has 3 rings (SSSR count). The van der Waals surface area contributed by atoms with Crippen molar-refractivity contribution in [3.05, 3.63) is 65.5 Å². The molecule has 0 spiro atoms. The number of pyridine rings is 1. The Hall–Kier alpha value is -2.26. The Morgan fingerprint density at radius 2 is 1.90 bits per heavy atom. The summed E-state index contributed by atoms with van der Waals surface area (Å²) in [6, 6.07) is 14.2. The van der Waals surface area contributed by atoms with E-state index in [0.29, 0.717) is 11.2 Å². The van der Waals surface area contributed by atoms with Gasteiger partial charge in [0, 0.05) is 22.6 Å². The number of benzene rings is 2. The zero-order chi connectivity index (χ0) is 14.1. The molecule has 0 fully saturated rings. The van der Waals surface area contributed by atoms with Crippen LogP contribution in [0.3, 0.4) is 0 Å². The van der Waals surface area contributed by atoms with Crippen LogP contribution in [0.15, 0.2) is 48.5 Å². The topological polar surface area (TPSA) is 33.1 Å². The number of fused-ring (bicyclic) bond motifs is 1. The molecule has 0 saturated carbocycles. The van der Waals surface area contributed by atoms with E-state index in [1.165, 1.54) is 12.1 Å². The molecule has 0 atom stereocenters. The lowest BCUT2D eigenvalue weighted by Crippen LogP contribution is -1.96. The maximum atomic E-state index is 13.3. The summed E-state index contributed by atoms with van der Waals surface area (Å²) >= 11 is 0. The Bertz CT molecular complexity index is 783. The number of hydrogen-bond donors (Lipinski definition) is 1. The highest BCUT2D eigenvalue weighted by Crippen LogP contribution is 2.28. The van der Waals surface area contributed by atoms with Crippen molar-refractivity contribution in [3.63, 3.8) is 0 Å². The molecule has 1 N–H and O–H groups in total. The van der Waals surface area contributed by atoms with Crippen molar-refractivity contribution in [3.8, 4) is 11.3 Å². The Morgan fingerprint density at radius 3 is 2.65 bits per heavy atom. The number of aromatic nitrogens is 1. The number of aliphatic hydroxyl groups is 1. The van der Waals surface area contributed by atoms with E-state index in [1.807, 2.05) is 37.3 Å². The molecular formula is C17H14FNO. The Kier molecular flexibility index (Phi) is 3.20. The van der Waals surface area contributed by atoms with Crippen molar-refractivity contribution in [1.29, 1.82) is 0 Å². The number of aryl methyl sites for hydroxylation is 1. The largest absolute Gasteiger partial charge is 0.392 e. The van der Waals surface area contributed by atoms with Crippen LogP contribution in [0.25, 0.3) is 22.2 Å². The smallest absolute Gasteiger partial charge is 0.125 e. The van der Waals surface area contributed by atoms with Crippen molar-refractivity contribution in [2.45, 2.75) is 13.5 Å². The maximum Gasteiger partial charge on any atom is 0.125 e. The lowest BCUT2D eigenvalue weighted by atomic mass is 10.00. The van der Waals surface area contributed by atoms with Gasteiger partial charge in [-0.15, -0.1) is 0 Å². The van der Waals surface area contributed by atoms with Crippen molar-refractivity contribution in [1.82, 2.24) is 4.98 Å². The minimum Gasteiger partial charge on any atom is -0.392 e. The molecule has 100 valence electrons. The normalized spacial score (nSPS) is 10.9. The maximum absolute atomic E-state index is 13.3. The number of rotatable bonds is 2. The fourth-order valence-corrected chi connectivity index (χ4v) is 2.38. The summed E-state index contributed by atoms with van der Waals surface area (Å²) in [5, 5.41) is 10.4. The molecular weight excluding hydrogens is 253 g/mol. The van der Waals surface area contributed by atoms with Gasteiger partial charge in [0.15, 0.2) is 0 Å². The molecule has 3 heteroatoms. The summed E-state index contributed by atoms with van der Waals surface area (Å²) in [7, 11) is 0. The first-order chi connectivity index (χ1) is 9.69. The number of hydrogen-bond acceptors (Lipinski definition) is 2. The zero-order valence-corrected chi connectivity index (χ0v) is 11.1. The average Bonchev–Trinajstić information content (AvgIpc) is 2.46. The molecule has 20 heavy (non-hydrogen) atoms. The molecule has 0 aliphatic heterocycles. The van der Waals surface area contributed by atoms with Gasteiger partial charge >= 0.3 is 0 Å². The average molecular weight is 267 g/mol. The van der Waals surface area contributed by atoms with Gasteiger partial charge in [-0.2, -0.15) is 0 Å². The van der Waals surface area contributed by atoms with E-state index in [-0.39, 0.29) is 12.4 Å². The van der Waals surface area contributed by atoms with Gasteiger partial charge in [0.25, 0.3) is 0 Å². The summed E-state index contributed by atoms with van der Waals surface area (Å²) < 4.78 is 13.3. The van der Waals surface area contributed by atoms with Crippen molar-refractivity contribution in [2.24, 2.45) is 0 Å². The Morgan fingerprint density at radius 1 is 1.10 bits per heavy atom. The van der Waals surface area contributed by atoms with Gasteiger partial charge in [0.1, 0.15) is 5.82 Å². The van der Waals surface area contributed by atoms with Crippen LogP contribution in [0.4, 0.5) is 4.39 Å². The van der Waals surface area contributed by atoms with Crippen LogP contribution in [-0.2, 0) is 6.61 Å². The van der Waals surface area contributed by atoms with E-state index in [0.717, 1.165) is 22.1 Å². The second kappa shape index (κ2) is 5.02. The first kappa shape index (κ1) is 12.8. The third kappa shape index (κ3) is 2.17. The summed E-state index contributed by atoms with van der Waals surface area (Å²) in [6.07, 6.45) is 0. The molecule has 0 radical (unpaired) electrons. The van der Waals surface area contributed by atoms with Crippen LogP contribution in [-0.4, -0.2) is 10.1 Å². The third-order valence-electron chi connectivity index (χ3n) is 3.43. The lowest BCUT2D eigenvalue weighted by molar-refractivity contribution is 0.282. The molecule has 0 aliphatic carbocycles. The van der Waals surface area contributed by atoms with Crippen molar-refractivity contribution < 1.29 is 9.50 Å². The molecule has 1 aromatic heterocycles. The molecule has 0 aliphatic rings. The standard InChI is InChI=1S/C17H14FNO/c1-11-4-2-3-5-15(11)17-13(10-20)8-12-6-7-14(18)9-16(12)19-17/h2-9,20H,10H2,1H3. The number of halogens is 1. The fourth-order valence-electron chi connectivity index (χ4n) is 2.38. The third-order valence-corrected chi connectivity index (χ3v) is 3.43. The van der Waals surface area contributed by atoms with E-state index in [1.54, 1.807) is 6.07 Å². The minimum absolute atomic E-state index is 0.0933. The van der Waals surface area contributed by atoms with Gasteiger partial charge in [-0.3, -0.25) is 0 Å². The van der Waals surface area contributed by atoms with E-state index in [9.17, 15) is 9.50 Å². The molecule has 0 amide bonds. The molecule has 1 heterocycles. The summed E-state index contributed by atoms with van der Waals surface area (Å²) in [5.74, 6) is -0.308. The molecule has 2 aromatic carbocycles. The SMILES string of the molecule is Cc1ccccc1-c1nc2cc(F)ccc2cc1CO. The van der Waals surface area contributed by atoms with Crippen molar-refractivity contribution >= 4 is 10.9 Å². The van der Waals surface area contributed by atoms with Gasteiger partial charge in [-0.05, 0) is 30.7 Å². The molecule has 2 nitrogen and oxygen atoms in total. The molecule has 3 aromatic rings. The number of nitrogens with zero attached hydrogens (tertiary/aromatic N) is 1. The molecule has 0 bridgehead atoms. The van der Waals surface area contributed by atoms with Crippen LogP contribution in [0, 0.1) is 12.7 Å². The second-order valence-corrected chi connectivity index (χ2v) is 4.81. The summed E-state index contributed by atoms with van der Waals surface area (Å²) in [4.78, 5) is 4.54. The molecule has 0 unspecified atom stereocenters. The van der Waals surface area contributed by atoms with Gasteiger partial charge in [-0.25, -0.2) is 9.37 Å². The molecule has 0 saturated heterocycles. The number of aliphatic hydroxyl groups excluding tert-OH is 1. The van der Waals surface area contributed by atoms with Crippen LogP contribution < -0.4 is 0 Å². The lowest BCUT2D eigenvalue weighted by Gasteiger charge is -2.11. The monoisotopic (exact) mass is 267 g/mol. The van der Waals surface area contributed by atoms with Crippen LogP contribution >= 0.6 is 0 Å². The van der Waals surface area contributed by atoms with Crippen LogP contribution in [0.1, 0.15) is 11.1 Å². The highest BCUT2D eigenvalue weighted by Gasteiger charge is 2.11. The minimum atomic E-state index is -0.308. The quantitative estimate of drug-likeness (QED) is 0.765. The Balaban J connectivity index is 2.31. The van der Waals surface area contributed by atoms with Crippen LogP contribution in [0.2, 0.25) is 0 Å². The van der Waals surface area contributed by atoms with E-state index < -0.39 is 0 Å². The predicted octanol–water partition coefficient (Wildman–Crippen LogP) is 3.84. The van der Waals surface area contributed by atoms with E-state index in [4.69, 9.17) is 0 Å². The second-order valence-electron chi connectivity index (χ2n) is 4.81. The highest BCUT2D eigenvalue weighted by atomic mass is 19.1. The zero-order valence-electron chi connectivity index (χ0n) is 11.1.